The molecule has 0 aliphatic rings. The zero-order valence-electron chi connectivity index (χ0n) is 7.75. The van der Waals surface area contributed by atoms with Gasteiger partial charge in [0, 0.05) is 12.7 Å². The second-order valence-corrected chi connectivity index (χ2v) is 4.12. The Kier molecular flexibility index (Phi) is 2.74. The molecule has 78 valence electrons. The molecule has 2 aromatic heterocycles. The Morgan fingerprint density at radius 2 is 2.27 bits per heavy atom. The molecule has 15 heavy (non-hydrogen) atoms. The number of nitrogens with zero attached hydrogens (tertiary/aromatic N) is 5. The summed E-state index contributed by atoms with van der Waals surface area (Å²) in [6.07, 6.45) is 0. The first-order chi connectivity index (χ1) is 7.15. The molecular formula is C7H7ClN6S. The molecule has 0 aromatic carbocycles. The number of hydrogen-bond acceptors (Lipinski definition) is 6. The van der Waals surface area contributed by atoms with Gasteiger partial charge >= 0.3 is 0 Å². The Morgan fingerprint density at radius 1 is 1.47 bits per heavy atom. The third kappa shape index (κ3) is 2.37. The standard InChI is InChI=1S/C7H7ClN6S/c1-14-7(11-12-13-14)15-6-3-4(9)2-5(8)10-6/h2-3H,1H3,(H2,9,10). The summed E-state index contributed by atoms with van der Waals surface area (Å²) in [7, 11) is 1.75. The largest absolute Gasteiger partial charge is 0.399 e. The smallest absolute Gasteiger partial charge is 0.215 e. The van der Waals surface area contributed by atoms with Crippen molar-refractivity contribution in [2.75, 3.05) is 5.73 Å². The van der Waals surface area contributed by atoms with Gasteiger partial charge in [-0.2, -0.15) is 0 Å². The van der Waals surface area contributed by atoms with Crippen LogP contribution in [0.15, 0.2) is 22.3 Å². The molecule has 6 nitrogen and oxygen atoms in total. The Hall–Kier alpha value is -1.34. The average Bonchev–Trinajstić information content (AvgIpc) is 2.50. The molecule has 0 atom stereocenters. The number of tetrazole rings is 1. The van der Waals surface area contributed by atoms with Crippen LogP contribution in [-0.2, 0) is 7.05 Å². The predicted molar refractivity (Wildman–Crippen MR) is 56.6 cm³/mol. The van der Waals surface area contributed by atoms with E-state index < -0.39 is 0 Å². The predicted octanol–water partition coefficient (Wildman–Crippen LogP) is 0.992. The van der Waals surface area contributed by atoms with Crippen LogP contribution in [0.5, 0.6) is 0 Å². The van der Waals surface area contributed by atoms with Gasteiger partial charge in [-0.05, 0) is 34.3 Å². The van der Waals surface area contributed by atoms with Crippen molar-refractivity contribution >= 4 is 29.1 Å². The van der Waals surface area contributed by atoms with E-state index in [-0.39, 0.29) is 0 Å². The van der Waals surface area contributed by atoms with E-state index in [2.05, 4.69) is 20.5 Å². The van der Waals surface area contributed by atoms with E-state index in [1.165, 1.54) is 11.8 Å². The molecule has 0 aliphatic carbocycles. The van der Waals surface area contributed by atoms with E-state index in [4.69, 9.17) is 17.3 Å². The first kappa shape index (κ1) is 10.2. The van der Waals surface area contributed by atoms with Crippen molar-refractivity contribution in [3.63, 3.8) is 0 Å². The van der Waals surface area contributed by atoms with Crippen LogP contribution in [0, 0.1) is 0 Å². The Balaban J connectivity index is 2.28. The Bertz CT molecular complexity index is 464. The minimum absolute atomic E-state index is 0.354. The fourth-order valence-electron chi connectivity index (χ4n) is 0.945. The molecule has 0 spiro atoms. The molecule has 0 unspecified atom stereocenters. The summed E-state index contributed by atoms with van der Waals surface area (Å²) in [5.74, 6) is 0. The normalized spacial score (nSPS) is 10.5. The minimum Gasteiger partial charge on any atom is -0.399 e. The molecule has 2 rings (SSSR count). The van der Waals surface area contributed by atoms with Crippen LogP contribution in [-0.4, -0.2) is 25.2 Å². The molecule has 0 radical (unpaired) electrons. The summed E-state index contributed by atoms with van der Waals surface area (Å²) >= 11 is 7.07. The maximum atomic E-state index is 5.77. The van der Waals surface area contributed by atoms with Gasteiger partial charge in [0.15, 0.2) is 0 Å². The summed E-state index contributed by atoms with van der Waals surface area (Å²) in [5.41, 5.74) is 6.19. The second-order valence-electron chi connectivity index (χ2n) is 2.75. The molecule has 2 heterocycles. The van der Waals surface area contributed by atoms with Gasteiger partial charge in [0.1, 0.15) is 10.2 Å². The Morgan fingerprint density at radius 3 is 2.87 bits per heavy atom. The van der Waals surface area contributed by atoms with Crippen LogP contribution in [0.25, 0.3) is 0 Å². The van der Waals surface area contributed by atoms with Gasteiger partial charge < -0.3 is 5.73 Å². The van der Waals surface area contributed by atoms with E-state index >= 15 is 0 Å². The highest BCUT2D eigenvalue weighted by Crippen LogP contribution is 2.26. The lowest BCUT2D eigenvalue weighted by Gasteiger charge is -2.00. The highest BCUT2D eigenvalue weighted by molar-refractivity contribution is 7.99. The van der Waals surface area contributed by atoms with Gasteiger partial charge in [0.2, 0.25) is 5.16 Å². The average molecular weight is 243 g/mol. The third-order valence-corrected chi connectivity index (χ3v) is 2.71. The van der Waals surface area contributed by atoms with E-state index in [1.54, 1.807) is 23.9 Å². The van der Waals surface area contributed by atoms with Crippen LogP contribution >= 0.6 is 23.4 Å². The lowest BCUT2D eigenvalue weighted by Crippen LogP contribution is -1.94. The topological polar surface area (TPSA) is 82.5 Å². The number of nitrogen functional groups attached to an aromatic ring is 1. The number of pyridine rings is 1. The Labute approximate surface area is 94.8 Å². The highest BCUT2D eigenvalue weighted by Gasteiger charge is 2.07. The zero-order chi connectivity index (χ0) is 10.8. The van der Waals surface area contributed by atoms with Crippen LogP contribution in [0.1, 0.15) is 0 Å². The third-order valence-electron chi connectivity index (χ3n) is 1.57. The van der Waals surface area contributed by atoms with Crippen molar-refractivity contribution in [1.82, 2.24) is 25.2 Å². The van der Waals surface area contributed by atoms with Crippen LogP contribution in [0.3, 0.4) is 0 Å². The quantitative estimate of drug-likeness (QED) is 0.791. The maximum Gasteiger partial charge on any atom is 0.215 e. The van der Waals surface area contributed by atoms with Gasteiger partial charge in [-0.1, -0.05) is 11.6 Å². The molecular weight excluding hydrogens is 236 g/mol. The van der Waals surface area contributed by atoms with Crippen LogP contribution < -0.4 is 5.73 Å². The first-order valence-electron chi connectivity index (χ1n) is 3.98. The molecule has 0 saturated carbocycles. The van der Waals surface area contributed by atoms with Crippen molar-refractivity contribution in [2.45, 2.75) is 10.2 Å². The minimum atomic E-state index is 0.354. The summed E-state index contributed by atoms with van der Waals surface area (Å²) in [5, 5.41) is 12.7. The number of halogens is 1. The SMILES string of the molecule is Cn1nnnc1Sc1cc(N)cc(Cl)n1. The number of aromatic nitrogens is 5. The fraction of sp³-hybridized carbons (Fsp3) is 0.143. The molecule has 0 fully saturated rings. The van der Waals surface area contributed by atoms with Crippen molar-refractivity contribution in [3.8, 4) is 0 Å². The molecule has 2 N–H and O–H groups in total. The van der Waals surface area contributed by atoms with Crippen LogP contribution in [0.2, 0.25) is 5.15 Å². The number of nitrogens with two attached hydrogens (primary N) is 1. The highest BCUT2D eigenvalue weighted by atomic mass is 35.5. The van der Waals surface area contributed by atoms with Gasteiger partial charge in [-0.3, -0.25) is 0 Å². The summed E-state index contributed by atoms with van der Waals surface area (Å²) in [6.45, 7) is 0. The van der Waals surface area contributed by atoms with Crippen molar-refractivity contribution in [2.24, 2.45) is 7.05 Å². The molecule has 8 heteroatoms. The van der Waals surface area contributed by atoms with E-state index in [1.807, 2.05) is 0 Å². The number of anilines is 1. The molecule has 0 amide bonds. The zero-order valence-corrected chi connectivity index (χ0v) is 9.33. The van der Waals surface area contributed by atoms with Gasteiger partial charge in [-0.25, -0.2) is 9.67 Å². The number of aryl methyl sites for hydroxylation is 1. The molecule has 0 bridgehead atoms. The lowest BCUT2D eigenvalue weighted by molar-refractivity contribution is 0.664. The second kappa shape index (κ2) is 4.03. The number of rotatable bonds is 2. The molecule has 0 saturated heterocycles. The fourth-order valence-corrected chi connectivity index (χ4v) is 1.98. The summed E-state index contributed by atoms with van der Waals surface area (Å²) in [6, 6.07) is 3.30. The lowest BCUT2D eigenvalue weighted by atomic mass is 10.4. The van der Waals surface area contributed by atoms with Gasteiger partial charge in [-0.15, -0.1) is 5.10 Å². The van der Waals surface area contributed by atoms with Gasteiger partial charge in [0.05, 0.1) is 0 Å². The van der Waals surface area contributed by atoms with E-state index in [0.29, 0.717) is 21.0 Å². The van der Waals surface area contributed by atoms with Crippen molar-refractivity contribution < 1.29 is 0 Å². The van der Waals surface area contributed by atoms with Crippen LogP contribution in [0.4, 0.5) is 5.69 Å². The van der Waals surface area contributed by atoms with Crippen molar-refractivity contribution in [1.29, 1.82) is 0 Å². The monoisotopic (exact) mass is 242 g/mol. The van der Waals surface area contributed by atoms with E-state index in [9.17, 15) is 0 Å². The molecule has 2 aromatic rings. The number of hydrogen-bond donors (Lipinski definition) is 1. The van der Waals surface area contributed by atoms with Crippen molar-refractivity contribution in [3.05, 3.63) is 17.3 Å². The summed E-state index contributed by atoms with van der Waals surface area (Å²) in [4.78, 5) is 4.09. The first-order valence-corrected chi connectivity index (χ1v) is 5.18. The van der Waals surface area contributed by atoms with Gasteiger partial charge in [0.25, 0.3) is 0 Å². The maximum absolute atomic E-state index is 5.77. The summed E-state index contributed by atoms with van der Waals surface area (Å²) < 4.78 is 1.55. The van der Waals surface area contributed by atoms with E-state index in [0.717, 1.165) is 0 Å². The molecule has 0 aliphatic heterocycles.